The molecule has 0 radical (unpaired) electrons. The quantitative estimate of drug-likeness (QED) is 0.858. The second-order valence-corrected chi connectivity index (χ2v) is 4.37. The lowest BCUT2D eigenvalue weighted by atomic mass is 10.2. The van der Waals surface area contributed by atoms with Crippen molar-refractivity contribution >= 4 is 28.7 Å². The van der Waals surface area contributed by atoms with E-state index in [1.54, 1.807) is 13.2 Å². The molecular weight excluding hydrogens is 248 g/mol. The van der Waals surface area contributed by atoms with Crippen molar-refractivity contribution in [2.75, 3.05) is 24.8 Å². The first-order valence-corrected chi connectivity index (χ1v) is 5.93. The predicted molar refractivity (Wildman–Crippen MR) is 76.9 cm³/mol. The van der Waals surface area contributed by atoms with Crippen LogP contribution in [0.2, 0.25) is 5.02 Å². The van der Waals surface area contributed by atoms with Gasteiger partial charge in [-0.05, 0) is 30.3 Å². The Kier molecular flexibility index (Phi) is 3.63. The molecule has 0 amide bonds. The number of rotatable bonds is 3. The van der Waals surface area contributed by atoms with Gasteiger partial charge in [-0.3, -0.25) is 0 Å². The Bertz CT molecular complexity index is 557. The van der Waals surface area contributed by atoms with E-state index < -0.39 is 0 Å². The number of para-hydroxylation sites is 2. The Balaban J connectivity index is 2.44. The van der Waals surface area contributed by atoms with Crippen molar-refractivity contribution in [3.8, 4) is 5.75 Å². The van der Waals surface area contributed by atoms with Crippen molar-refractivity contribution < 1.29 is 4.74 Å². The standard InChI is InChI=1S/C14H15ClN2O/c1-17(12-8-7-10(15)9-11(12)16)13-5-3-4-6-14(13)18-2/h3-9H,16H2,1-2H3. The maximum atomic E-state index is 5.98. The van der Waals surface area contributed by atoms with Gasteiger partial charge in [0.2, 0.25) is 0 Å². The van der Waals surface area contributed by atoms with E-state index in [2.05, 4.69) is 0 Å². The third-order valence-electron chi connectivity index (χ3n) is 2.80. The van der Waals surface area contributed by atoms with Crippen molar-refractivity contribution in [2.45, 2.75) is 0 Å². The highest BCUT2D eigenvalue weighted by atomic mass is 35.5. The third kappa shape index (κ3) is 2.36. The number of anilines is 3. The number of nitrogens with zero attached hydrogens (tertiary/aromatic N) is 1. The molecule has 0 saturated heterocycles. The average molecular weight is 263 g/mol. The molecular formula is C14H15ClN2O. The number of ether oxygens (including phenoxy) is 1. The van der Waals surface area contributed by atoms with E-state index in [0.29, 0.717) is 10.7 Å². The van der Waals surface area contributed by atoms with Crippen molar-refractivity contribution in [3.63, 3.8) is 0 Å². The molecule has 0 aromatic heterocycles. The summed E-state index contributed by atoms with van der Waals surface area (Å²) in [5.41, 5.74) is 8.46. The second-order valence-electron chi connectivity index (χ2n) is 3.93. The number of methoxy groups -OCH3 is 1. The number of benzene rings is 2. The molecule has 0 atom stereocenters. The highest BCUT2D eigenvalue weighted by Gasteiger charge is 2.11. The largest absolute Gasteiger partial charge is 0.495 e. The number of halogens is 1. The van der Waals surface area contributed by atoms with E-state index in [1.807, 2.05) is 48.3 Å². The molecule has 2 aromatic carbocycles. The van der Waals surface area contributed by atoms with Crippen LogP contribution in [0.5, 0.6) is 5.75 Å². The highest BCUT2D eigenvalue weighted by Crippen LogP contribution is 2.35. The van der Waals surface area contributed by atoms with Crippen LogP contribution in [-0.2, 0) is 0 Å². The van der Waals surface area contributed by atoms with Gasteiger partial charge in [-0.15, -0.1) is 0 Å². The summed E-state index contributed by atoms with van der Waals surface area (Å²) in [7, 11) is 3.59. The van der Waals surface area contributed by atoms with Gasteiger partial charge in [0.15, 0.2) is 0 Å². The topological polar surface area (TPSA) is 38.5 Å². The third-order valence-corrected chi connectivity index (χ3v) is 3.03. The van der Waals surface area contributed by atoms with Crippen LogP contribution in [0.15, 0.2) is 42.5 Å². The van der Waals surface area contributed by atoms with Crippen molar-refractivity contribution in [1.29, 1.82) is 0 Å². The van der Waals surface area contributed by atoms with Crippen LogP contribution in [0, 0.1) is 0 Å². The predicted octanol–water partition coefficient (Wildman–Crippen LogP) is 3.70. The van der Waals surface area contributed by atoms with Gasteiger partial charge in [0.05, 0.1) is 24.2 Å². The molecule has 0 aliphatic heterocycles. The summed E-state index contributed by atoms with van der Waals surface area (Å²) >= 11 is 5.90. The fraction of sp³-hybridized carbons (Fsp3) is 0.143. The minimum Gasteiger partial charge on any atom is -0.495 e. The minimum atomic E-state index is 0.629. The summed E-state index contributed by atoms with van der Waals surface area (Å²) in [5, 5.41) is 0.629. The Morgan fingerprint density at radius 3 is 2.50 bits per heavy atom. The smallest absolute Gasteiger partial charge is 0.142 e. The Morgan fingerprint density at radius 1 is 1.11 bits per heavy atom. The minimum absolute atomic E-state index is 0.629. The van der Waals surface area contributed by atoms with Gasteiger partial charge in [0.25, 0.3) is 0 Å². The molecule has 0 aliphatic rings. The summed E-state index contributed by atoms with van der Waals surface area (Å²) in [5.74, 6) is 0.800. The molecule has 94 valence electrons. The van der Waals surface area contributed by atoms with Crippen LogP contribution in [0.1, 0.15) is 0 Å². The highest BCUT2D eigenvalue weighted by molar-refractivity contribution is 6.31. The van der Waals surface area contributed by atoms with Gasteiger partial charge in [-0.1, -0.05) is 23.7 Å². The first-order chi connectivity index (χ1) is 8.63. The van der Waals surface area contributed by atoms with E-state index >= 15 is 0 Å². The maximum Gasteiger partial charge on any atom is 0.142 e. The first kappa shape index (κ1) is 12.6. The van der Waals surface area contributed by atoms with E-state index in [4.69, 9.17) is 22.1 Å². The fourth-order valence-corrected chi connectivity index (χ4v) is 2.05. The number of nitrogens with two attached hydrogens (primary N) is 1. The summed E-state index contributed by atoms with van der Waals surface area (Å²) in [6, 6.07) is 13.2. The van der Waals surface area contributed by atoms with Gasteiger partial charge < -0.3 is 15.4 Å². The lowest BCUT2D eigenvalue weighted by Crippen LogP contribution is -2.12. The van der Waals surface area contributed by atoms with Gasteiger partial charge in [0.1, 0.15) is 5.75 Å². The molecule has 0 spiro atoms. The number of nitrogen functional groups attached to an aromatic ring is 1. The SMILES string of the molecule is COc1ccccc1N(C)c1ccc(Cl)cc1N. The molecule has 0 unspecified atom stereocenters. The normalized spacial score (nSPS) is 10.2. The van der Waals surface area contributed by atoms with E-state index in [0.717, 1.165) is 17.1 Å². The van der Waals surface area contributed by atoms with E-state index in [9.17, 15) is 0 Å². The molecule has 0 saturated carbocycles. The number of hydrogen-bond donors (Lipinski definition) is 1. The summed E-state index contributed by atoms with van der Waals surface area (Å²) < 4.78 is 5.34. The zero-order valence-corrected chi connectivity index (χ0v) is 11.1. The molecule has 3 nitrogen and oxygen atoms in total. The van der Waals surface area contributed by atoms with Crippen LogP contribution in [0.25, 0.3) is 0 Å². The fourth-order valence-electron chi connectivity index (χ4n) is 1.87. The van der Waals surface area contributed by atoms with Crippen molar-refractivity contribution in [2.24, 2.45) is 0 Å². The average Bonchev–Trinajstić information content (AvgIpc) is 2.38. The first-order valence-electron chi connectivity index (χ1n) is 5.55. The maximum absolute atomic E-state index is 5.98. The Hall–Kier alpha value is -1.87. The van der Waals surface area contributed by atoms with Crippen LogP contribution in [-0.4, -0.2) is 14.2 Å². The van der Waals surface area contributed by atoms with Crippen LogP contribution < -0.4 is 15.4 Å². The molecule has 0 fully saturated rings. The van der Waals surface area contributed by atoms with Gasteiger partial charge >= 0.3 is 0 Å². The van der Waals surface area contributed by atoms with Crippen LogP contribution in [0.4, 0.5) is 17.1 Å². The molecule has 0 heterocycles. The lowest BCUT2D eigenvalue weighted by molar-refractivity contribution is 0.415. The Morgan fingerprint density at radius 2 is 1.83 bits per heavy atom. The van der Waals surface area contributed by atoms with Gasteiger partial charge in [-0.2, -0.15) is 0 Å². The molecule has 0 bridgehead atoms. The Labute approximate surface area is 112 Å². The molecule has 18 heavy (non-hydrogen) atoms. The molecule has 2 aromatic rings. The second kappa shape index (κ2) is 5.19. The molecule has 0 aliphatic carbocycles. The zero-order chi connectivity index (χ0) is 13.1. The van der Waals surface area contributed by atoms with E-state index in [1.165, 1.54) is 0 Å². The van der Waals surface area contributed by atoms with E-state index in [-0.39, 0.29) is 0 Å². The lowest BCUT2D eigenvalue weighted by Gasteiger charge is -2.23. The zero-order valence-electron chi connectivity index (χ0n) is 10.4. The molecule has 2 rings (SSSR count). The van der Waals surface area contributed by atoms with Crippen LogP contribution in [0.3, 0.4) is 0 Å². The monoisotopic (exact) mass is 262 g/mol. The van der Waals surface area contributed by atoms with Gasteiger partial charge in [-0.25, -0.2) is 0 Å². The van der Waals surface area contributed by atoms with Gasteiger partial charge in [0, 0.05) is 12.1 Å². The summed E-state index contributed by atoms with van der Waals surface area (Å²) in [6.45, 7) is 0. The van der Waals surface area contributed by atoms with Crippen molar-refractivity contribution in [3.05, 3.63) is 47.5 Å². The molecule has 2 N–H and O–H groups in total. The summed E-state index contributed by atoms with van der Waals surface area (Å²) in [4.78, 5) is 1.98. The molecule has 4 heteroatoms. The van der Waals surface area contributed by atoms with Crippen LogP contribution >= 0.6 is 11.6 Å². The number of hydrogen-bond acceptors (Lipinski definition) is 3. The summed E-state index contributed by atoms with van der Waals surface area (Å²) in [6.07, 6.45) is 0. The van der Waals surface area contributed by atoms with Crippen molar-refractivity contribution in [1.82, 2.24) is 0 Å².